The Hall–Kier alpha value is -3.01. The van der Waals surface area contributed by atoms with Crippen LogP contribution < -0.4 is 10.0 Å². The summed E-state index contributed by atoms with van der Waals surface area (Å²) in [5, 5.41) is 3.20. The molecule has 0 saturated heterocycles. The zero-order valence-corrected chi connectivity index (χ0v) is 28.2. The highest BCUT2D eigenvalue weighted by atomic mass is 32.2. The average Bonchev–Trinajstić information content (AvgIpc) is 3.00. The molecule has 0 aromatic heterocycles. The van der Waals surface area contributed by atoms with Gasteiger partial charge in [-0.25, -0.2) is 8.93 Å². The molecule has 250 valence electrons. The van der Waals surface area contributed by atoms with Crippen LogP contribution in [0.1, 0.15) is 93.3 Å². The Bertz CT molecular complexity index is 1440. The molecule has 0 aliphatic heterocycles. The number of carbonyl (C=O) groups is 1. The number of alkyl halides is 3. The molecule has 0 fully saturated rings. The van der Waals surface area contributed by atoms with E-state index in [2.05, 4.69) is 60.8 Å². The van der Waals surface area contributed by atoms with Crippen LogP contribution in [0.2, 0.25) is 0 Å². The van der Waals surface area contributed by atoms with Gasteiger partial charge in [-0.15, -0.1) is 0 Å². The largest absolute Gasteiger partial charge is 0.416 e. The van der Waals surface area contributed by atoms with Crippen LogP contribution in [0.3, 0.4) is 0 Å². The molecule has 1 aliphatic carbocycles. The Labute approximate surface area is 275 Å². The Balaban J connectivity index is 1.40. The van der Waals surface area contributed by atoms with E-state index < -0.39 is 28.8 Å². The zero-order valence-electron chi connectivity index (χ0n) is 27.4. The summed E-state index contributed by atoms with van der Waals surface area (Å²) in [6.07, 6.45) is 0.347. The minimum absolute atomic E-state index is 0.000674. The first-order valence-corrected chi connectivity index (χ1v) is 17.6. The number of amides is 1. The monoisotopic (exact) mass is 655 g/mol. The molecule has 3 atom stereocenters. The molecule has 3 aromatic rings. The fourth-order valence-corrected chi connectivity index (χ4v) is 7.36. The van der Waals surface area contributed by atoms with Gasteiger partial charge in [0.1, 0.15) is 11.0 Å². The predicted octanol–water partition coefficient (Wildman–Crippen LogP) is 8.19. The minimum Gasteiger partial charge on any atom is -0.349 e. The molecule has 0 heterocycles. The van der Waals surface area contributed by atoms with Crippen LogP contribution >= 0.6 is 0 Å². The van der Waals surface area contributed by atoms with Crippen LogP contribution in [0, 0.1) is 11.8 Å². The Morgan fingerprint density at radius 2 is 1.67 bits per heavy atom. The van der Waals surface area contributed by atoms with Crippen molar-refractivity contribution in [3.8, 4) is 0 Å². The van der Waals surface area contributed by atoms with Crippen molar-refractivity contribution < 1.29 is 22.2 Å². The standard InChI is InChI=1S/C37H48F3N3O2S/c1-26(2)24-43(25-27(3)4)20-10-11-28-18-19-33-30(21-28)14-8-17-34(33)41-36(44)23-35(29-12-6-5-7-13-29)42-46(45)32-16-9-15-31(22-32)37(38,39)40/h5-7,9,12-13,15-16,18-19,21-22,26-27,34-35,42H,8,10-11,14,17,20,23-25H2,1-4H3,(H,41,44). The van der Waals surface area contributed by atoms with Gasteiger partial charge >= 0.3 is 6.18 Å². The van der Waals surface area contributed by atoms with E-state index in [1.807, 2.05) is 30.3 Å². The summed E-state index contributed by atoms with van der Waals surface area (Å²) in [4.78, 5) is 16.0. The number of halogens is 3. The summed E-state index contributed by atoms with van der Waals surface area (Å²) in [6.45, 7) is 12.4. The maximum absolute atomic E-state index is 13.4. The van der Waals surface area contributed by atoms with Crippen molar-refractivity contribution in [2.75, 3.05) is 19.6 Å². The first-order valence-electron chi connectivity index (χ1n) is 16.4. The number of fused-ring (bicyclic) bond motifs is 1. The summed E-state index contributed by atoms with van der Waals surface area (Å²) >= 11 is 0. The third-order valence-corrected chi connectivity index (χ3v) is 9.44. The van der Waals surface area contributed by atoms with E-state index in [-0.39, 0.29) is 23.3 Å². The number of nitrogens with zero attached hydrogens (tertiary/aromatic N) is 1. The molecule has 3 unspecified atom stereocenters. The first-order chi connectivity index (χ1) is 21.9. The molecule has 46 heavy (non-hydrogen) atoms. The van der Waals surface area contributed by atoms with Gasteiger partial charge in [-0.3, -0.25) is 4.79 Å². The van der Waals surface area contributed by atoms with E-state index in [0.29, 0.717) is 11.8 Å². The number of benzene rings is 3. The number of rotatable bonds is 15. The fraction of sp³-hybridized carbons (Fsp3) is 0.486. The summed E-state index contributed by atoms with van der Waals surface area (Å²) in [7, 11) is -1.97. The van der Waals surface area contributed by atoms with E-state index in [0.717, 1.165) is 75.0 Å². The molecular weight excluding hydrogens is 607 g/mol. The van der Waals surface area contributed by atoms with Crippen molar-refractivity contribution in [3.05, 3.63) is 101 Å². The van der Waals surface area contributed by atoms with Crippen LogP contribution in [-0.4, -0.2) is 34.7 Å². The number of hydrogen-bond donors (Lipinski definition) is 2. The average molecular weight is 656 g/mol. The van der Waals surface area contributed by atoms with Crippen LogP contribution in [-0.2, 0) is 34.8 Å². The first kappa shape index (κ1) is 35.8. The molecular formula is C37H48F3N3O2S. The van der Waals surface area contributed by atoms with Gasteiger partial charge in [-0.2, -0.15) is 13.2 Å². The van der Waals surface area contributed by atoms with Gasteiger partial charge in [0.25, 0.3) is 0 Å². The number of carbonyl (C=O) groups excluding carboxylic acids is 1. The lowest BCUT2D eigenvalue weighted by atomic mass is 9.86. The van der Waals surface area contributed by atoms with E-state index >= 15 is 0 Å². The van der Waals surface area contributed by atoms with Crippen molar-refractivity contribution >= 4 is 16.9 Å². The molecule has 4 rings (SSSR count). The summed E-state index contributed by atoms with van der Waals surface area (Å²) in [5.41, 5.74) is 3.60. The van der Waals surface area contributed by atoms with Gasteiger partial charge in [0.2, 0.25) is 5.91 Å². The van der Waals surface area contributed by atoms with E-state index in [1.165, 1.54) is 23.3 Å². The molecule has 0 saturated carbocycles. The van der Waals surface area contributed by atoms with Crippen LogP contribution in [0.25, 0.3) is 0 Å². The second-order valence-electron chi connectivity index (χ2n) is 13.3. The lowest BCUT2D eigenvalue weighted by Crippen LogP contribution is -2.35. The smallest absolute Gasteiger partial charge is 0.349 e. The van der Waals surface area contributed by atoms with Crippen molar-refractivity contribution in [1.29, 1.82) is 0 Å². The third kappa shape index (κ3) is 10.8. The van der Waals surface area contributed by atoms with Gasteiger partial charge in [-0.1, -0.05) is 82.3 Å². The zero-order chi connectivity index (χ0) is 33.3. The Kier molecular flexibility index (Phi) is 13.0. The van der Waals surface area contributed by atoms with Gasteiger partial charge in [0.05, 0.1) is 22.5 Å². The second-order valence-corrected chi connectivity index (χ2v) is 14.5. The SMILES string of the molecule is CC(C)CN(CCCc1ccc2c(c1)CCCC2NC(=O)CC(NS(=O)c1cccc(C(F)(F)F)c1)c1ccccc1)CC(C)C. The maximum atomic E-state index is 13.4. The molecule has 0 radical (unpaired) electrons. The Morgan fingerprint density at radius 3 is 2.35 bits per heavy atom. The normalized spacial score (nSPS) is 16.4. The molecule has 5 nitrogen and oxygen atoms in total. The molecule has 2 N–H and O–H groups in total. The maximum Gasteiger partial charge on any atom is 0.416 e. The highest BCUT2D eigenvalue weighted by Crippen LogP contribution is 2.32. The van der Waals surface area contributed by atoms with Gasteiger partial charge in [0.15, 0.2) is 0 Å². The van der Waals surface area contributed by atoms with E-state index in [1.54, 1.807) is 0 Å². The van der Waals surface area contributed by atoms with Gasteiger partial charge < -0.3 is 10.2 Å². The lowest BCUT2D eigenvalue weighted by Gasteiger charge is -2.28. The Morgan fingerprint density at radius 1 is 0.957 bits per heavy atom. The summed E-state index contributed by atoms with van der Waals surface area (Å²) in [6, 6.07) is 19.4. The van der Waals surface area contributed by atoms with E-state index in [4.69, 9.17) is 0 Å². The number of nitrogens with one attached hydrogen (secondary N) is 2. The fourth-order valence-electron chi connectivity index (χ4n) is 6.31. The van der Waals surface area contributed by atoms with Crippen molar-refractivity contribution in [2.45, 2.75) is 89.4 Å². The second kappa shape index (κ2) is 16.7. The minimum atomic E-state index is -4.54. The summed E-state index contributed by atoms with van der Waals surface area (Å²) < 4.78 is 55.9. The molecule has 1 aliphatic rings. The van der Waals surface area contributed by atoms with Gasteiger partial charge in [0, 0.05) is 19.5 Å². The van der Waals surface area contributed by atoms with Crippen molar-refractivity contribution in [3.63, 3.8) is 0 Å². The number of hydrogen-bond acceptors (Lipinski definition) is 3. The third-order valence-electron chi connectivity index (χ3n) is 8.26. The lowest BCUT2D eigenvalue weighted by molar-refractivity contribution is -0.137. The van der Waals surface area contributed by atoms with Gasteiger partial charge in [-0.05, 0) is 90.9 Å². The van der Waals surface area contributed by atoms with Crippen LogP contribution in [0.5, 0.6) is 0 Å². The van der Waals surface area contributed by atoms with Crippen molar-refractivity contribution in [1.82, 2.24) is 14.9 Å². The van der Waals surface area contributed by atoms with Crippen molar-refractivity contribution in [2.24, 2.45) is 11.8 Å². The van der Waals surface area contributed by atoms with Crippen LogP contribution in [0.15, 0.2) is 77.7 Å². The van der Waals surface area contributed by atoms with E-state index in [9.17, 15) is 22.2 Å². The highest BCUT2D eigenvalue weighted by Gasteiger charge is 2.31. The molecule has 0 spiro atoms. The highest BCUT2D eigenvalue weighted by molar-refractivity contribution is 7.83. The quantitative estimate of drug-likeness (QED) is 0.174. The predicted molar refractivity (Wildman–Crippen MR) is 179 cm³/mol. The molecule has 9 heteroatoms. The topological polar surface area (TPSA) is 61.4 Å². The molecule has 3 aromatic carbocycles. The molecule has 1 amide bonds. The van der Waals surface area contributed by atoms with Crippen LogP contribution in [0.4, 0.5) is 13.2 Å². The summed E-state index contributed by atoms with van der Waals surface area (Å²) in [5.74, 6) is 1.08. The number of aryl methyl sites for hydroxylation is 2. The molecule has 0 bridgehead atoms.